The number of methoxy groups -OCH3 is 1. The highest BCUT2D eigenvalue weighted by atomic mass is 16.5. The van der Waals surface area contributed by atoms with Crippen molar-refractivity contribution in [3.05, 3.63) is 23.5 Å². The smallest absolute Gasteiger partial charge is 0.181 e. The molecule has 0 aliphatic heterocycles. The van der Waals surface area contributed by atoms with E-state index in [0.29, 0.717) is 12.1 Å². The molecule has 0 radical (unpaired) electrons. The van der Waals surface area contributed by atoms with Crippen molar-refractivity contribution in [2.24, 2.45) is 0 Å². The van der Waals surface area contributed by atoms with E-state index >= 15 is 0 Å². The second-order valence-electron chi connectivity index (χ2n) is 3.16. The molecule has 0 unspecified atom stereocenters. The van der Waals surface area contributed by atoms with Gasteiger partial charge in [-0.2, -0.15) is 0 Å². The van der Waals surface area contributed by atoms with Gasteiger partial charge in [-0.25, -0.2) is 4.98 Å². The van der Waals surface area contributed by atoms with Crippen LogP contribution in [-0.2, 0) is 6.42 Å². The lowest BCUT2D eigenvalue weighted by molar-refractivity contribution is 0.0967. The molecule has 1 aromatic heterocycles. The minimum atomic E-state index is 0.156. The molecule has 1 heterocycles. The predicted octanol–water partition coefficient (Wildman–Crippen LogP) is 1.61. The minimum Gasteiger partial charge on any atom is -0.495 e. The van der Waals surface area contributed by atoms with Gasteiger partial charge in [-0.3, -0.25) is 4.79 Å². The molecule has 0 N–H and O–H groups in total. The van der Waals surface area contributed by atoms with E-state index in [-0.39, 0.29) is 5.78 Å². The average molecular weight is 177 g/mol. The Morgan fingerprint density at radius 2 is 2.31 bits per heavy atom. The molecule has 0 atom stereocenters. The van der Waals surface area contributed by atoms with Gasteiger partial charge < -0.3 is 4.74 Å². The molecular formula is C10H11NO2. The number of hydrogen-bond acceptors (Lipinski definition) is 3. The third-order valence-electron chi connectivity index (χ3n) is 2.29. The number of carbonyl (C=O) groups excluding carboxylic acids is 1. The second-order valence-corrected chi connectivity index (χ2v) is 3.16. The molecule has 2 rings (SSSR count). The lowest BCUT2D eigenvalue weighted by Crippen LogP contribution is -2.12. The van der Waals surface area contributed by atoms with Crippen LogP contribution in [0.15, 0.2) is 12.3 Å². The van der Waals surface area contributed by atoms with Crippen molar-refractivity contribution >= 4 is 5.78 Å². The summed E-state index contributed by atoms with van der Waals surface area (Å²) in [6.45, 7) is 0. The molecule has 0 bridgehead atoms. The molecule has 0 saturated heterocycles. The number of pyridine rings is 1. The third kappa shape index (κ3) is 1.41. The summed E-state index contributed by atoms with van der Waals surface area (Å²) in [7, 11) is 1.61. The molecule has 3 heteroatoms. The van der Waals surface area contributed by atoms with Crippen molar-refractivity contribution < 1.29 is 9.53 Å². The first kappa shape index (κ1) is 8.23. The van der Waals surface area contributed by atoms with Gasteiger partial charge in [0.15, 0.2) is 5.78 Å². The molecule has 1 aromatic rings. The maximum Gasteiger partial charge on any atom is 0.181 e. The van der Waals surface area contributed by atoms with Gasteiger partial charge in [0, 0.05) is 6.42 Å². The maximum absolute atomic E-state index is 11.4. The number of rotatable bonds is 1. The topological polar surface area (TPSA) is 39.2 Å². The number of aryl methyl sites for hydroxylation is 1. The maximum atomic E-state index is 11.4. The van der Waals surface area contributed by atoms with Crippen LogP contribution in [0, 0.1) is 0 Å². The molecule has 0 fully saturated rings. The number of aromatic nitrogens is 1. The summed E-state index contributed by atoms with van der Waals surface area (Å²) in [4.78, 5) is 15.5. The Bertz CT molecular complexity index is 347. The van der Waals surface area contributed by atoms with Gasteiger partial charge in [0.2, 0.25) is 0 Å². The normalized spacial score (nSPS) is 15.3. The number of carbonyl (C=O) groups is 1. The van der Waals surface area contributed by atoms with Crippen LogP contribution < -0.4 is 4.74 Å². The van der Waals surface area contributed by atoms with E-state index < -0.39 is 0 Å². The Balaban J connectivity index is 2.45. The highest BCUT2D eigenvalue weighted by Crippen LogP contribution is 2.22. The van der Waals surface area contributed by atoms with E-state index in [1.165, 1.54) is 0 Å². The Morgan fingerprint density at radius 3 is 3.08 bits per heavy atom. The van der Waals surface area contributed by atoms with Crippen LogP contribution in [0.2, 0.25) is 0 Å². The predicted molar refractivity (Wildman–Crippen MR) is 48.1 cm³/mol. The lowest BCUT2D eigenvalue weighted by Gasteiger charge is -2.13. The molecule has 68 valence electrons. The lowest BCUT2D eigenvalue weighted by atomic mass is 9.95. The number of Topliss-reactive ketones (excluding diaryl/α,β-unsaturated/α-hetero) is 1. The summed E-state index contributed by atoms with van der Waals surface area (Å²) in [5.74, 6) is 0.886. The van der Waals surface area contributed by atoms with Crippen LogP contribution in [0.1, 0.15) is 28.9 Å². The van der Waals surface area contributed by atoms with Gasteiger partial charge in [0.1, 0.15) is 11.4 Å². The highest BCUT2D eigenvalue weighted by Gasteiger charge is 2.18. The molecule has 1 aliphatic rings. The summed E-state index contributed by atoms with van der Waals surface area (Å²) in [5.41, 5.74) is 1.66. The van der Waals surface area contributed by atoms with Crippen molar-refractivity contribution in [1.82, 2.24) is 4.98 Å². The van der Waals surface area contributed by atoms with Gasteiger partial charge in [-0.05, 0) is 24.5 Å². The zero-order valence-corrected chi connectivity index (χ0v) is 7.54. The van der Waals surface area contributed by atoms with Crippen LogP contribution in [0.4, 0.5) is 0 Å². The average Bonchev–Trinajstić information content (AvgIpc) is 2.18. The molecule has 0 spiro atoms. The van der Waals surface area contributed by atoms with E-state index in [9.17, 15) is 4.79 Å². The Hall–Kier alpha value is -1.38. The zero-order chi connectivity index (χ0) is 9.26. The standard InChI is InChI=1S/C10H11NO2/c1-13-8-5-7-3-2-4-9(12)10(7)11-6-8/h5-6H,2-4H2,1H3. The fourth-order valence-electron chi connectivity index (χ4n) is 1.60. The van der Waals surface area contributed by atoms with Gasteiger partial charge in [0.05, 0.1) is 13.3 Å². The first-order valence-electron chi connectivity index (χ1n) is 4.37. The highest BCUT2D eigenvalue weighted by molar-refractivity contribution is 5.96. The number of ketones is 1. The zero-order valence-electron chi connectivity index (χ0n) is 7.54. The minimum absolute atomic E-state index is 0.156. The molecule has 3 nitrogen and oxygen atoms in total. The van der Waals surface area contributed by atoms with E-state index in [2.05, 4.69) is 4.98 Å². The summed E-state index contributed by atoms with van der Waals surface area (Å²) >= 11 is 0. The number of ether oxygens (including phenoxy) is 1. The summed E-state index contributed by atoms with van der Waals surface area (Å²) in [5, 5.41) is 0. The van der Waals surface area contributed by atoms with Crippen LogP contribution in [0.5, 0.6) is 5.75 Å². The fourth-order valence-corrected chi connectivity index (χ4v) is 1.60. The van der Waals surface area contributed by atoms with Crippen molar-refractivity contribution in [3.8, 4) is 5.75 Å². The van der Waals surface area contributed by atoms with Crippen molar-refractivity contribution in [3.63, 3.8) is 0 Å². The third-order valence-corrected chi connectivity index (χ3v) is 2.29. The molecule has 1 aliphatic carbocycles. The number of nitrogens with zero attached hydrogens (tertiary/aromatic N) is 1. The largest absolute Gasteiger partial charge is 0.495 e. The van der Waals surface area contributed by atoms with Crippen LogP contribution >= 0.6 is 0 Å². The van der Waals surface area contributed by atoms with Crippen LogP contribution in [0.3, 0.4) is 0 Å². The molecular weight excluding hydrogens is 166 g/mol. The number of hydrogen-bond donors (Lipinski definition) is 0. The summed E-state index contributed by atoms with van der Waals surface area (Å²) in [6, 6.07) is 1.90. The first-order valence-corrected chi connectivity index (χ1v) is 4.37. The van der Waals surface area contributed by atoms with Gasteiger partial charge >= 0.3 is 0 Å². The Kier molecular flexibility index (Phi) is 2.00. The Labute approximate surface area is 76.7 Å². The van der Waals surface area contributed by atoms with Gasteiger partial charge in [0.25, 0.3) is 0 Å². The van der Waals surface area contributed by atoms with Crippen molar-refractivity contribution in [1.29, 1.82) is 0 Å². The second kappa shape index (κ2) is 3.17. The monoisotopic (exact) mass is 177 g/mol. The molecule has 13 heavy (non-hydrogen) atoms. The quantitative estimate of drug-likeness (QED) is 0.654. The van der Waals surface area contributed by atoms with E-state index in [4.69, 9.17) is 4.74 Å². The van der Waals surface area contributed by atoms with E-state index in [1.807, 2.05) is 6.07 Å². The van der Waals surface area contributed by atoms with Crippen LogP contribution in [-0.4, -0.2) is 17.9 Å². The summed E-state index contributed by atoms with van der Waals surface area (Å²) < 4.78 is 5.04. The summed E-state index contributed by atoms with van der Waals surface area (Å²) in [6.07, 6.45) is 4.10. The Morgan fingerprint density at radius 1 is 1.46 bits per heavy atom. The van der Waals surface area contributed by atoms with E-state index in [0.717, 1.165) is 24.2 Å². The van der Waals surface area contributed by atoms with Crippen molar-refractivity contribution in [2.75, 3.05) is 7.11 Å². The number of fused-ring (bicyclic) bond motifs is 1. The molecule has 0 aromatic carbocycles. The van der Waals surface area contributed by atoms with Gasteiger partial charge in [-0.1, -0.05) is 0 Å². The molecule has 0 amide bonds. The van der Waals surface area contributed by atoms with Crippen molar-refractivity contribution in [2.45, 2.75) is 19.3 Å². The SMILES string of the molecule is COc1cnc2c(c1)CCCC2=O. The van der Waals surface area contributed by atoms with E-state index in [1.54, 1.807) is 13.3 Å². The van der Waals surface area contributed by atoms with Crippen LogP contribution in [0.25, 0.3) is 0 Å². The fraction of sp³-hybridized carbons (Fsp3) is 0.400. The van der Waals surface area contributed by atoms with Gasteiger partial charge in [-0.15, -0.1) is 0 Å². The molecule has 0 saturated carbocycles. The first-order chi connectivity index (χ1) is 6.31.